The Balaban J connectivity index is 2.11. The van der Waals surface area contributed by atoms with Crippen molar-refractivity contribution in [1.82, 2.24) is 0 Å². The summed E-state index contributed by atoms with van der Waals surface area (Å²) >= 11 is 0. The molecule has 0 unspecified atom stereocenters. The van der Waals surface area contributed by atoms with Crippen molar-refractivity contribution in [2.75, 3.05) is 0 Å². The topological polar surface area (TPSA) is 44.5 Å². The molecule has 0 aromatic heterocycles. The molecule has 0 atom stereocenters. The molecule has 2 rings (SSSR count). The van der Waals surface area contributed by atoms with Crippen molar-refractivity contribution in [3.63, 3.8) is 0 Å². The van der Waals surface area contributed by atoms with Crippen LogP contribution in [0.1, 0.15) is 0 Å². The van der Waals surface area contributed by atoms with E-state index in [0.717, 1.165) is 11.5 Å². The second-order valence-electron chi connectivity index (χ2n) is 3.00. The molecule has 3 heteroatoms. The van der Waals surface area contributed by atoms with Crippen LogP contribution in [0.4, 0.5) is 0 Å². The summed E-state index contributed by atoms with van der Waals surface area (Å²) in [4.78, 5) is 4.56. The van der Waals surface area contributed by atoms with Gasteiger partial charge in [0.1, 0.15) is 17.2 Å². The lowest BCUT2D eigenvalue weighted by Crippen LogP contribution is -2.01. The maximum absolute atomic E-state index is 5.58. The Hall–Kier alpha value is -2.00. The third kappa shape index (κ3) is 2.48. The zero-order valence-electron chi connectivity index (χ0n) is 8.09. The minimum Gasteiger partial charge on any atom is -0.457 e. The molecule has 0 heterocycles. The van der Waals surface area contributed by atoms with Crippen LogP contribution < -0.4 is 15.5 Å². The largest absolute Gasteiger partial charge is 0.457 e. The lowest BCUT2D eigenvalue weighted by molar-refractivity contribution is 0.334. The number of benzene rings is 2. The Morgan fingerprint density at radius 1 is 0.667 bits per heavy atom. The van der Waals surface area contributed by atoms with E-state index in [9.17, 15) is 0 Å². The molecule has 0 saturated heterocycles. The number of para-hydroxylation sites is 1. The molecule has 76 valence electrons. The van der Waals surface area contributed by atoms with E-state index in [1.807, 2.05) is 30.3 Å². The molecular formula is C12H11NO2. The monoisotopic (exact) mass is 201 g/mol. The van der Waals surface area contributed by atoms with Crippen LogP contribution in [0.5, 0.6) is 17.2 Å². The third-order valence-electron chi connectivity index (χ3n) is 1.94. The summed E-state index contributed by atoms with van der Waals surface area (Å²) in [6.45, 7) is 0. The van der Waals surface area contributed by atoms with Crippen LogP contribution in [-0.4, -0.2) is 0 Å². The van der Waals surface area contributed by atoms with Crippen LogP contribution in [-0.2, 0) is 0 Å². The van der Waals surface area contributed by atoms with E-state index in [0.29, 0.717) is 5.75 Å². The minimum atomic E-state index is 0.607. The van der Waals surface area contributed by atoms with Crippen molar-refractivity contribution in [2.24, 2.45) is 5.90 Å². The zero-order chi connectivity index (χ0) is 10.5. The van der Waals surface area contributed by atoms with Gasteiger partial charge in [-0.1, -0.05) is 18.2 Å². The summed E-state index contributed by atoms with van der Waals surface area (Å²) in [6, 6.07) is 16.7. The van der Waals surface area contributed by atoms with Gasteiger partial charge in [-0.3, -0.25) is 0 Å². The Morgan fingerprint density at radius 3 is 1.80 bits per heavy atom. The first-order valence-corrected chi connectivity index (χ1v) is 4.58. The van der Waals surface area contributed by atoms with Crippen LogP contribution in [0.3, 0.4) is 0 Å². The van der Waals surface area contributed by atoms with Gasteiger partial charge >= 0.3 is 0 Å². The maximum atomic E-state index is 5.58. The second-order valence-corrected chi connectivity index (χ2v) is 3.00. The van der Waals surface area contributed by atoms with Crippen LogP contribution in [0.25, 0.3) is 0 Å². The predicted molar refractivity (Wildman–Crippen MR) is 57.8 cm³/mol. The second kappa shape index (κ2) is 4.48. The van der Waals surface area contributed by atoms with Crippen LogP contribution in [0.2, 0.25) is 0 Å². The van der Waals surface area contributed by atoms with Crippen molar-refractivity contribution >= 4 is 0 Å². The molecule has 2 aromatic carbocycles. The fraction of sp³-hybridized carbons (Fsp3) is 0. The van der Waals surface area contributed by atoms with E-state index in [-0.39, 0.29) is 0 Å². The lowest BCUT2D eigenvalue weighted by Gasteiger charge is -2.05. The highest BCUT2D eigenvalue weighted by atomic mass is 16.6. The average Bonchev–Trinajstić information content (AvgIpc) is 2.31. The van der Waals surface area contributed by atoms with Gasteiger partial charge in [0.05, 0.1) is 0 Å². The highest BCUT2D eigenvalue weighted by Crippen LogP contribution is 2.22. The van der Waals surface area contributed by atoms with Crippen LogP contribution >= 0.6 is 0 Å². The Kier molecular flexibility index (Phi) is 2.85. The van der Waals surface area contributed by atoms with E-state index in [1.165, 1.54) is 0 Å². The van der Waals surface area contributed by atoms with Crippen molar-refractivity contribution in [1.29, 1.82) is 0 Å². The number of hydrogen-bond acceptors (Lipinski definition) is 3. The number of nitrogens with two attached hydrogens (primary N) is 1. The fourth-order valence-corrected chi connectivity index (χ4v) is 1.21. The molecule has 2 N–H and O–H groups in total. The van der Waals surface area contributed by atoms with Crippen molar-refractivity contribution < 1.29 is 9.57 Å². The summed E-state index contributed by atoms with van der Waals surface area (Å²) in [5, 5.41) is 0. The summed E-state index contributed by atoms with van der Waals surface area (Å²) in [6.07, 6.45) is 0. The summed E-state index contributed by atoms with van der Waals surface area (Å²) in [7, 11) is 0. The Labute approximate surface area is 88.0 Å². The zero-order valence-corrected chi connectivity index (χ0v) is 8.09. The Bertz CT molecular complexity index is 411. The highest BCUT2D eigenvalue weighted by Gasteiger charge is 1.96. The first kappa shape index (κ1) is 9.55. The first-order chi connectivity index (χ1) is 7.38. The van der Waals surface area contributed by atoms with Gasteiger partial charge in [-0.05, 0) is 36.4 Å². The normalized spacial score (nSPS) is 9.67. The average molecular weight is 201 g/mol. The van der Waals surface area contributed by atoms with Crippen molar-refractivity contribution in [3.8, 4) is 17.2 Å². The van der Waals surface area contributed by atoms with E-state index in [1.54, 1.807) is 24.3 Å². The van der Waals surface area contributed by atoms with Gasteiger partial charge in [0.25, 0.3) is 0 Å². The predicted octanol–water partition coefficient (Wildman–Crippen LogP) is 2.73. The van der Waals surface area contributed by atoms with Gasteiger partial charge in [0.15, 0.2) is 0 Å². The standard InChI is InChI=1S/C12H11NO2/c13-15-12-8-6-11(7-9-12)14-10-4-2-1-3-5-10/h1-9H,13H2. The first-order valence-electron chi connectivity index (χ1n) is 4.58. The molecule has 0 aliphatic carbocycles. The molecule has 0 aliphatic heterocycles. The van der Waals surface area contributed by atoms with Crippen molar-refractivity contribution in [3.05, 3.63) is 54.6 Å². The van der Waals surface area contributed by atoms with E-state index in [4.69, 9.17) is 10.6 Å². The SMILES string of the molecule is NOc1ccc(Oc2ccccc2)cc1. The van der Waals surface area contributed by atoms with E-state index < -0.39 is 0 Å². The van der Waals surface area contributed by atoms with Gasteiger partial charge < -0.3 is 9.57 Å². The molecular weight excluding hydrogens is 190 g/mol. The number of rotatable bonds is 3. The summed E-state index contributed by atoms with van der Waals surface area (Å²) < 4.78 is 5.58. The quantitative estimate of drug-likeness (QED) is 0.776. The number of hydrogen-bond donors (Lipinski definition) is 1. The van der Waals surface area contributed by atoms with Crippen molar-refractivity contribution in [2.45, 2.75) is 0 Å². The Morgan fingerprint density at radius 2 is 1.20 bits per heavy atom. The fourth-order valence-electron chi connectivity index (χ4n) is 1.21. The molecule has 0 bridgehead atoms. The van der Waals surface area contributed by atoms with Gasteiger partial charge in [-0.2, -0.15) is 5.90 Å². The molecule has 0 aliphatic rings. The summed E-state index contributed by atoms with van der Waals surface area (Å²) in [5.41, 5.74) is 0. The highest BCUT2D eigenvalue weighted by molar-refractivity contribution is 5.35. The molecule has 0 saturated carbocycles. The molecule has 0 fully saturated rings. The van der Waals surface area contributed by atoms with E-state index in [2.05, 4.69) is 4.84 Å². The third-order valence-corrected chi connectivity index (χ3v) is 1.94. The number of ether oxygens (including phenoxy) is 1. The van der Waals surface area contributed by atoms with Gasteiger partial charge in [0.2, 0.25) is 0 Å². The smallest absolute Gasteiger partial charge is 0.147 e. The molecule has 0 radical (unpaired) electrons. The maximum Gasteiger partial charge on any atom is 0.147 e. The van der Waals surface area contributed by atoms with Crippen LogP contribution in [0.15, 0.2) is 54.6 Å². The van der Waals surface area contributed by atoms with Gasteiger partial charge in [-0.25, -0.2) is 0 Å². The molecule has 2 aromatic rings. The van der Waals surface area contributed by atoms with Gasteiger partial charge in [0, 0.05) is 0 Å². The van der Waals surface area contributed by atoms with Crippen LogP contribution in [0, 0.1) is 0 Å². The van der Waals surface area contributed by atoms with E-state index >= 15 is 0 Å². The molecule has 15 heavy (non-hydrogen) atoms. The molecule has 3 nitrogen and oxygen atoms in total. The summed E-state index contributed by atoms with van der Waals surface area (Å²) in [5.74, 6) is 7.17. The van der Waals surface area contributed by atoms with Gasteiger partial charge in [-0.15, -0.1) is 0 Å². The molecule has 0 spiro atoms. The molecule has 0 amide bonds. The minimum absolute atomic E-state index is 0.607. The lowest BCUT2D eigenvalue weighted by atomic mass is 10.3.